The third-order valence-corrected chi connectivity index (χ3v) is 2.67. The van der Waals surface area contributed by atoms with E-state index in [4.69, 9.17) is 0 Å². The van der Waals surface area contributed by atoms with E-state index in [1.165, 1.54) is 9.81 Å². The molecule has 0 spiro atoms. The Morgan fingerprint density at radius 2 is 1.56 bits per heavy atom. The Morgan fingerprint density at radius 3 is 1.67 bits per heavy atom. The van der Waals surface area contributed by atoms with Gasteiger partial charge in [-0.1, -0.05) is 0 Å². The topological polar surface area (TPSA) is 0 Å². The van der Waals surface area contributed by atoms with Crippen molar-refractivity contribution >= 4 is 23.5 Å². The first-order chi connectivity index (χ1) is 4.20. The van der Waals surface area contributed by atoms with Gasteiger partial charge in [0.15, 0.2) is 0 Å². The predicted molar refractivity (Wildman–Crippen MR) is 48.9 cm³/mol. The molecule has 0 aliphatic heterocycles. The summed E-state index contributed by atoms with van der Waals surface area (Å²) in [5.41, 5.74) is 4.48. The number of rotatable bonds is 2. The van der Waals surface area contributed by atoms with Gasteiger partial charge >= 0.3 is 0 Å². The number of hydrogen-bond donors (Lipinski definition) is 0. The highest BCUT2D eigenvalue weighted by Crippen LogP contribution is 2.21. The van der Waals surface area contributed by atoms with Crippen LogP contribution in [0.4, 0.5) is 0 Å². The number of hydrogen-bond acceptors (Lipinski definition) is 2. The molecule has 0 heterocycles. The standard InChI is InChI=1S/C7H12S2/c1-6(2)5-7(8-3)9-4/h1-4H3. The minimum atomic E-state index is 1.24. The van der Waals surface area contributed by atoms with Crippen molar-refractivity contribution in [2.45, 2.75) is 13.8 Å². The minimum absolute atomic E-state index is 1.24. The maximum atomic E-state index is 3.24. The fourth-order valence-corrected chi connectivity index (χ4v) is 1.67. The monoisotopic (exact) mass is 160 g/mol. The van der Waals surface area contributed by atoms with Crippen LogP contribution >= 0.6 is 23.5 Å². The van der Waals surface area contributed by atoms with Crippen molar-refractivity contribution in [3.8, 4) is 0 Å². The summed E-state index contributed by atoms with van der Waals surface area (Å²) in [6.07, 6.45) is 4.14. The van der Waals surface area contributed by atoms with Gasteiger partial charge in [0.1, 0.15) is 0 Å². The van der Waals surface area contributed by atoms with Gasteiger partial charge in [0.25, 0.3) is 0 Å². The molecule has 0 aliphatic rings. The van der Waals surface area contributed by atoms with Crippen LogP contribution in [0.3, 0.4) is 0 Å². The summed E-state index contributed by atoms with van der Waals surface area (Å²) in [5.74, 6) is 0. The summed E-state index contributed by atoms with van der Waals surface area (Å²) in [4.78, 5) is 0. The minimum Gasteiger partial charge on any atom is -0.114 e. The highest BCUT2D eigenvalue weighted by Gasteiger charge is 1.86. The van der Waals surface area contributed by atoms with Gasteiger partial charge in [0.05, 0.1) is 4.24 Å². The van der Waals surface area contributed by atoms with E-state index in [1.54, 1.807) is 23.5 Å². The Bertz CT molecular complexity index is 131. The summed E-state index contributed by atoms with van der Waals surface area (Å²) < 4.78 is 1.26. The molecule has 0 fully saturated rings. The van der Waals surface area contributed by atoms with Gasteiger partial charge in [0.2, 0.25) is 0 Å². The lowest BCUT2D eigenvalue weighted by Gasteiger charge is -1.91. The molecule has 2 heteroatoms. The van der Waals surface area contributed by atoms with E-state index in [0.717, 1.165) is 0 Å². The van der Waals surface area contributed by atoms with Crippen molar-refractivity contribution in [3.63, 3.8) is 0 Å². The molecule has 0 nitrogen and oxygen atoms in total. The van der Waals surface area contributed by atoms with Gasteiger partial charge in [-0.15, -0.1) is 29.3 Å². The molecule has 0 radical (unpaired) electrons. The average Bonchev–Trinajstić information content (AvgIpc) is 1.82. The van der Waals surface area contributed by atoms with Crippen molar-refractivity contribution < 1.29 is 0 Å². The number of thioether (sulfide) groups is 2. The van der Waals surface area contributed by atoms with E-state index >= 15 is 0 Å². The third-order valence-electron chi connectivity index (χ3n) is 0.723. The summed E-state index contributed by atoms with van der Waals surface area (Å²) in [5, 5.41) is 0. The normalized spacial score (nSPS) is 8.44. The first-order valence-electron chi connectivity index (χ1n) is 2.72. The zero-order chi connectivity index (χ0) is 7.28. The van der Waals surface area contributed by atoms with Gasteiger partial charge < -0.3 is 0 Å². The Morgan fingerprint density at radius 1 is 1.11 bits per heavy atom. The van der Waals surface area contributed by atoms with Gasteiger partial charge in [-0.3, -0.25) is 0 Å². The highest BCUT2D eigenvalue weighted by molar-refractivity contribution is 8.21. The van der Waals surface area contributed by atoms with Crippen LogP contribution in [0.2, 0.25) is 0 Å². The van der Waals surface area contributed by atoms with E-state index in [-0.39, 0.29) is 0 Å². The van der Waals surface area contributed by atoms with Crippen molar-refractivity contribution in [1.29, 1.82) is 0 Å². The van der Waals surface area contributed by atoms with E-state index in [9.17, 15) is 0 Å². The van der Waals surface area contributed by atoms with Crippen LogP contribution < -0.4 is 0 Å². The summed E-state index contributed by atoms with van der Waals surface area (Å²) >= 11 is 3.49. The van der Waals surface area contributed by atoms with Gasteiger partial charge in [-0.25, -0.2) is 0 Å². The summed E-state index contributed by atoms with van der Waals surface area (Å²) in [6, 6.07) is 0. The van der Waals surface area contributed by atoms with Crippen LogP contribution in [-0.4, -0.2) is 12.5 Å². The molecule has 0 N–H and O–H groups in total. The van der Waals surface area contributed by atoms with Crippen molar-refractivity contribution in [1.82, 2.24) is 0 Å². The van der Waals surface area contributed by atoms with Crippen LogP contribution in [0.25, 0.3) is 0 Å². The predicted octanol–water partition coefficient (Wildman–Crippen LogP) is 3.12. The van der Waals surface area contributed by atoms with Crippen molar-refractivity contribution in [2.75, 3.05) is 12.5 Å². The first kappa shape index (κ1) is 9.22. The molecule has 0 bridgehead atoms. The second-order valence-electron chi connectivity index (χ2n) is 1.82. The van der Waals surface area contributed by atoms with Crippen LogP contribution in [0.15, 0.2) is 15.5 Å². The fraction of sp³-hybridized carbons (Fsp3) is 0.571. The molecule has 0 atom stereocenters. The fourth-order valence-electron chi connectivity index (χ4n) is 0.390. The van der Waals surface area contributed by atoms with Gasteiger partial charge in [-0.2, -0.15) is 0 Å². The molecular formula is C7H12S2. The third kappa shape index (κ3) is 4.71. The van der Waals surface area contributed by atoms with E-state index in [0.29, 0.717) is 0 Å². The Labute approximate surface area is 65.8 Å². The second-order valence-corrected chi connectivity index (χ2v) is 3.71. The Balaban J connectivity index is 4.25. The van der Waals surface area contributed by atoms with E-state index in [2.05, 4.69) is 32.1 Å². The Kier molecular flexibility index (Phi) is 5.16. The number of allylic oxidation sites excluding steroid dienone is 1. The highest BCUT2D eigenvalue weighted by atomic mass is 32.2. The lowest BCUT2D eigenvalue weighted by molar-refractivity contribution is 1.41. The molecule has 0 aromatic carbocycles. The zero-order valence-corrected chi connectivity index (χ0v) is 7.95. The van der Waals surface area contributed by atoms with Crippen LogP contribution in [0.5, 0.6) is 0 Å². The molecule has 0 aliphatic carbocycles. The summed E-state index contributed by atoms with van der Waals surface area (Å²) in [7, 11) is 0. The maximum absolute atomic E-state index is 3.24. The molecule has 0 saturated carbocycles. The summed E-state index contributed by atoms with van der Waals surface area (Å²) in [6.45, 7) is 4.12. The smallest absolute Gasteiger partial charge is 0.0819 e. The Hall–Kier alpha value is 0.220. The van der Waals surface area contributed by atoms with Gasteiger partial charge in [-0.05, 0) is 31.9 Å². The molecule has 0 rings (SSSR count). The molecule has 0 aromatic heterocycles. The molecular weight excluding hydrogens is 148 g/mol. The van der Waals surface area contributed by atoms with Crippen LogP contribution in [0, 0.1) is 0 Å². The largest absolute Gasteiger partial charge is 0.114 e. The molecule has 0 saturated heterocycles. The molecule has 0 aromatic rings. The molecule has 9 heavy (non-hydrogen) atoms. The maximum Gasteiger partial charge on any atom is 0.0819 e. The van der Waals surface area contributed by atoms with Gasteiger partial charge in [0, 0.05) is 0 Å². The molecule has 52 valence electrons. The van der Waals surface area contributed by atoms with Crippen molar-refractivity contribution in [3.05, 3.63) is 15.5 Å². The quantitative estimate of drug-likeness (QED) is 0.569. The average molecular weight is 160 g/mol. The SMILES string of the molecule is CSC(=C=C(C)C)SC. The van der Waals surface area contributed by atoms with Crippen LogP contribution in [-0.2, 0) is 0 Å². The molecule has 0 unspecified atom stereocenters. The van der Waals surface area contributed by atoms with E-state index < -0.39 is 0 Å². The zero-order valence-electron chi connectivity index (χ0n) is 6.32. The second kappa shape index (κ2) is 5.04. The van der Waals surface area contributed by atoms with Crippen LogP contribution in [0.1, 0.15) is 13.8 Å². The lowest BCUT2D eigenvalue weighted by atomic mass is 10.4. The molecule has 0 amide bonds. The van der Waals surface area contributed by atoms with E-state index in [1.807, 2.05) is 0 Å². The van der Waals surface area contributed by atoms with Crippen molar-refractivity contribution in [2.24, 2.45) is 0 Å². The first-order valence-corrected chi connectivity index (χ1v) is 5.17. The lowest BCUT2D eigenvalue weighted by Crippen LogP contribution is -1.62.